The molecule has 6 heteroatoms. The van der Waals surface area contributed by atoms with Crippen molar-refractivity contribution in [2.75, 3.05) is 6.61 Å². The maximum atomic E-state index is 12.1. The van der Waals surface area contributed by atoms with Crippen LogP contribution in [0.25, 0.3) is 0 Å². The van der Waals surface area contributed by atoms with E-state index in [-0.39, 0.29) is 0 Å². The highest BCUT2D eigenvalue weighted by molar-refractivity contribution is 5.95. The number of hydrazine groups is 1. The number of amides is 2. The third-order valence-corrected chi connectivity index (χ3v) is 3.80. The maximum absolute atomic E-state index is 12.1. The molecule has 0 aliphatic rings. The summed E-state index contributed by atoms with van der Waals surface area (Å²) in [4.78, 5) is 24.2. The fourth-order valence-corrected chi connectivity index (χ4v) is 2.21. The monoisotopic (exact) mass is 368 g/mol. The highest BCUT2D eigenvalue weighted by atomic mass is 16.5. The van der Waals surface area contributed by atoms with Crippen LogP contribution in [0.5, 0.6) is 11.5 Å². The molecule has 6 nitrogen and oxygen atoms in total. The van der Waals surface area contributed by atoms with E-state index in [2.05, 4.69) is 24.4 Å². The van der Waals surface area contributed by atoms with Gasteiger partial charge < -0.3 is 9.47 Å². The van der Waals surface area contributed by atoms with Gasteiger partial charge in [-0.15, -0.1) is 0 Å². The van der Waals surface area contributed by atoms with Crippen LogP contribution in [0.2, 0.25) is 0 Å². The molecule has 0 saturated carbocycles. The number of ether oxygens (including phenoxy) is 2. The van der Waals surface area contributed by atoms with Gasteiger partial charge in [-0.1, -0.05) is 31.7 Å². The van der Waals surface area contributed by atoms with Crippen LogP contribution < -0.4 is 20.3 Å². The van der Waals surface area contributed by atoms with Crippen molar-refractivity contribution in [2.24, 2.45) is 0 Å². The number of hydrogen-bond donors (Lipinski definition) is 2. The third-order valence-electron chi connectivity index (χ3n) is 3.80. The zero-order chi connectivity index (χ0) is 19.6. The quantitative estimate of drug-likeness (QED) is 0.555. The Bertz CT molecular complexity index is 770. The van der Waals surface area contributed by atoms with Crippen molar-refractivity contribution in [3.63, 3.8) is 0 Å². The fraction of sp³-hybridized carbons (Fsp3) is 0.238. The molecule has 2 N–H and O–H groups in total. The van der Waals surface area contributed by atoms with Crippen molar-refractivity contribution < 1.29 is 19.1 Å². The second kappa shape index (κ2) is 10.0. The number of benzene rings is 2. The Balaban J connectivity index is 1.82. The molecular formula is C21H24N2O4. The summed E-state index contributed by atoms with van der Waals surface area (Å²) < 4.78 is 10.9. The van der Waals surface area contributed by atoms with Crippen LogP contribution in [0.1, 0.15) is 29.8 Å². The largest absolute Gasteiger partial charge is 0.490 e. The molecule has 0 fully saturated rings. The summed E-state index contributed by atoms with van der Waals surface area (Å²) >= 11 is 0. The first-order valence-electron chi connectivity index (χ1n) is 8.73. The average molecular weight is 368 g/mol. The van der Waals surface area contributed by atoms with Crippen molar-refractivity contribution in [2.45, 2.75) is 26.4 Å². The molecule has 0 aliphatic carbocycles. The van der Waals surface area contributed by atoms with Gasteiger partial charge in [0.05, 0.1) is 0 Å². The van der Waals surface area contributed by atoms with Gasteiger partial charge in [0, 0.05) is 5.56 Å². The van der Waals surface area contributed by atoms with Gasteiger partial charge in [-0.25, -0.2) is 0 Å². The Morgan fingerprint density at radius 2 is 1.67 bits per heavy atom. The van der Waals surface area contributed by atoms with E-state index in [1.165, 1.54) is 5.56 Å². The van der Waals surface area contributed by atoms with Gasteiger partial charge >= 0.3 is 0 Å². The molecule has 0 bridgehead atoms. The molecule has 0 heterocycles. The highest BCUT2D eigenvalue weighted by Crippen LogP contribution is 2.14. The van der Waals surface area contributed by atoms with Crippen molar-refractivity contribution in [1.29, 1.82) is 0 Å². The number of rotatable bonds is 8. The Labute approximate surface area is 159 Å². The van der Waals surface area contributed by atoms with E-state index in [0.29, 0.717) is 23.7 Å². The zero-order valence-corrected chi connectivity index (χ0v) is 15.5. The fourth-order valence-electron chi connectivity index (χ4n) is 2.21. The first-order chi connectivity index (χ1) is 13.0. The van der Waals surface area contributed by atoms with E-state index in [0.717, 1.165) is 6.42 Å². The van der Waals surface area contributed by atoms with E-state index in [9.17, 15) is 9.59 Å². The van der Waals surface area contributed by atoms with Crippen LogP contribution >= 0.6 is 0 Å². The smallest absolute Gasteiger partial charge is 0.279 e. The molecule has 2 rings (SSSR count). The van der Waals surface area contributed by atoms with Gasteiger partial charge in [0.2, 0.25) is 0 Å². The Morgan fingerprint density at radius 1 is 1.04 bits per heavy atom. The van der Waals surface area contributed by atoms with E-state index in [1.807, 2.05) is 24.3 Å². The lowest BCUT2D eigenvalue weighted by molar-refractivity contribution is -0.128. The molecule has 0 spiro atoms. The lowest BCUT2D eigenvalue weighted by atomic mass is 10.2. The Kier molecular flexibility index (Phi) is 7.43. The molecule has 0 aliphatic heterocycles. The lowest BCUT2D eigenvalue weighted by Gasteiger charge is -2.15. The Morgan fingerprint density at radius 3 is 2.26 bits per heavy atom. The van der Waals surface area contributed by atoms with Crippen molar-refractivity contribution >= 4 is 11.8 Å². The third kappa shape index (κ3) is 6.18. The number of hydrogen-bond acceptors (Lipinski definition) is 4. The van der Waals surface area contributed by atoms with Gasteiger partial charge in [-0.3, -0.25) is 20.4 Å². The van der Waals surface area contributed by atoms with Gasteiger partial charge in [0.1, 0.15) is 18.1 Å². The van der Waals surface area contributed by atoms with E-state index < -0.39 is 17.9 Å². The van der Waals surface area contributed by atoms with Crippen LogP contribution in [0.4, 0.5) is 0 Å². The average Bonchev–Trinajstić information content (AvgIpc) is 2.71. The SMILES string of the molecule is C=CCOc1ccc(C(=O)NNC(=O)[C@@H](C)Oc2ccc(CC)cc2)cc1. The standard InChI is InChI=1S/C21H24N2O4/c1-4-14-26-18-12-8-17(9-13-18)21(25)23-22-20(24)15(3)27-19-10-6-16(5-2)7-11-19/h4,6-13,15H,1,5,14H2,2-3H3,(H,22,24)(H,23,25)/t15-/m1/s1. The summed E-state index contributed by atoms with van der Waals surface area (Å²) in [6.07, 6.45) is 1.81. The Hall–Kier alpha value is -3.28. The second-order valence-corrected chi connectivity index (χ2v) is 5.83. The predicted octanol–water partition coefficient (Wildman–Crippen LogP) is 3.04. The minimum Gasteiger partial charge on any atom is -0.490 e. The molecule has 2 aromatic rings. The van der Waals surface area contributed by atoms with Gasteiger partial charge in [0.25, 0.3) is 11.8 Å². The minimum absolute atomic E-state index is 0.390. The lowest BCUT2D eigenvalue weighted by Crippen LogP contribution is -2.47. The van der Waals surface area contributed by atoms with E-state index in [1.54, 1.807) is 37.3 Å². The predicted molar refractivity (Wildman–Crippen MR) is 104 cm³/mol. The number of carbonyl (C=O) groups excluding carboxylic acids is 2. The van der Waals surface area contributed by atoms with Crippen molar-refractivity contribution in [1.82, 2.24) is 10.9 Å². The molecule has 0 saturated heterocycles. The summed E-state index contributed by atoms with van der Waals surface area (Å²) in [6.45, 7) is 7.64. The van der Waals surface area contributed by atoms with Crippen LogP contribution in [-0.2, 0) is 11.2 Å². The summed E-state index contributed by atoms with van der Waals surface area (Å²) in [7, 11) is 0. The number of carbonyl (C=O) groups is 2. The summed E-state index contributed by atoms with van der Waals surface area (Å²) in [6, 6.07) is 14.1. The molecule has 0 radical (unpaired) electrons. The van der Waals surface area contributed by atoms with Gasteiger partial charge in [-0.05, 0) is 55.3 Å². The first-order valence-corrected chi connectivity index (χ1v) is 8.73. The van der Waals surface area contributed by atoms with Crippen LogP contribution in [0, 0.1) is 0 Å². The molecule has 2 amide bonds. The van der Waals surface area contributed by atoms with Crippen molar-refractivity contribution in [3.05, 3.63) is 72.3 Å². The molecular weight excluding hydrogens is 344 g/mol. The van der Waals surface area contributed by atoms with Crippen LogP contribution in [0.3, 0.4) is 0 Å². The van der Waals surface area contributed by atoms with E-state index >= 15 is 0 Å². The van der Waals surface area contributed by atoms with Crippen molar-refractivity contribution in [3.8, 4) is 11.5 Å². The molecule has 2 aromatic carbocycles. The van der Waals surface area contributed by atoms with Gasteiger partial charge in [0.15, 0.2) is 6.10 Å². The minimum atomic E-state index is -0.757. The molecule has 0 unspecified atom stereocenters. The van der Waals surface area contributed by atoms with Crippen LogP contribution in [0.15, 0.2) is 61.2 Å². The normalized spacial score (nSPS) is 11.2. The number of aryl methyl sites for hydroxylation is 1. The van der Waals surface area contributed by atoms with Crippen LogP contribution in [-0.4, -0.2) is 24.5 Å². The molecule has 142 valence electrons. The second-order valence-electron chi connectivity index (χ2n) is 5.83. The highest BCUT2D eigenvalue weighted by Gasteiger charge is 2.16. The summed E-state index contributed by atoms with van der Waals surface area (Å²) in [5.74, 6) is 0.342. The zero-order valence-electron chi connectivity index (χ0n) is 15.5. The summed E-state index contributed by atoms with van der Waals surface area (Å²) in [5.41, 5.74) is 6.32. The number of nitrogens with one attached hydrogen (secondary N) is 2. The topological polar surface area (TPSA) is 76.7 Å². The first kappa shape index (κ1) is 20.0. The van der Waals surface area contributed by atoms with Gasteiger partial charge in [-0.2, -0.15) is 0 Å². The summed E-state index contributed by atoms with van der Waals surface area (Å²) in [5, 5.41) is 0. The molecule has 1 atom stereocenters. The van der Waals surface area contributed by atoms with E-state index in [4.69, 9.17) is 9.47 Å². The molecule has 27 heavy (non-hydrogen) atoms. The maximum Gasteiger partial charge on any atom is 0.279 e. The molecule has 0 aromatic heterocycles.